The average molecular weight is 300 g/mol. The molecule has 0 aliphatic rings. The topological polar surface area (TPSA) is 71.1 Å². The van der Waals surface area contributed by atoms with Gasteiger partial charge in [0, 0.05) is 14.1 Å². The molecule has 0 saturated heterocycles. The van der Waals surface area contributed by atoms with E-state index in [0.717, 1.165) is 5.56 Å². The molecule has 0 saturated carbocycles. The number of imidazole rings is 1. The first-order valence-electron chi connectivity index (χ1n) is 6.76. The van der Waals surface area contributed by atoms with Crippen molar-refractivity contribution in [1.29, 1.82) is 0 Å². The summed E-state index contributed by atoms with van der Waals surface area (Å²) in [7, 11) is 4.92. The quantitative estimate of drug-likeness (QED) is 0.706. The minimum atomic E-state index is -0.390. The molecule has 0 aliphatic carbocycles. The summed E-state index contributed by atoms with van der Waals surface area (Å²) in [6, 6.07) is 7.29. The first kappa shape index (κ1) is 14.1. The van der Waals surface area contributed by atoms with Crippen LogP contribution in [0.15, 0.2) is 40.2 Å². The fraction of sp³-hybridized carbons (Fsp3) is 0.267. The Morgan fingerprint density at radius 3 is 2.73 bits per heavy atom. The van der Waals surface area contributed by atoms with Crippen LogP contribution in [0.2, 0.25) is 0 Å². The third kappa shape index (κ3) is 2.11. The van der Waals surface area contributed by atoms with Crippen molar-refractivity contribution in [3.05, 3.63) is 57.0 Å². The molecule has 0 amide bonds. The van der Waals surface area contributed by atoms with Crippen molar-refractivity contribution >= 4 is 11.2 Å². The summed E-state index contributed by atoms with van der Waals surface area (Å²) in [6.45, 7) is 0.184. The van der Waals surface area contributed by atoms with Gasteiger partial charge in [0.2, 0.25) is 0 Å². The van der Waals surface area contributed by atoms with Gasteiger partial charge in [-0.15, -0.1) is 0 Å². The van der Waals surface area contributed by atoms with Gasteiger partial charge in [0.25, 0.3) is 5.56 Å². The number of hydrogen-bond donors (Lipinski definition) is 0. The Morgan fingerprint density at radius 2 is 2.00 bits per heavy atom. The van der Waals surface area contributed by atoms with Crippen LogP contribution < -0.4 is 16.0 Å². The minimum absolute atomic E-state index is 0.184. The van der Waals surface area contributed by atoms with Crippen molar-refractivity contribution in [2.75, 3.05) is 7.11 Å². The Morgan fingerprint density at radius 1 is 1.23 bits per heavy atom. The van der Waals surface area contributed by atoms with Gasteiger partial charge in [0.1, 0.15) is 5.75 Å². The summed E-state index contributed by atoms with van der Waals surface area (Å²) < 4.78 is 9.39. The van der Waals surface area contributed by atoms with Crippen LogP contribution in [0.1, 0.15) is 5.56 Å². The molecule has 0 spiro atoms. The monoisotopic (exact) mass is 300 g/mol. The minimum Gasteiger partial charge on any atom is -0.497 e. The molecule has 7 heteroatoms. The van der Waals surface area contributed by atoms with E-state index in [1.165, 1.54) is 15.5 Å². The van der Waals surface area contributed by atoms with Crippen LogP contribution in [-0.4, -0.2) is 25.8 Å². The Labute approximate surface area is 126 Å². The van der Waals surface area contributed by atoms with Gasteiger partial charge in [-0.3, -0.25) is 13.9 Å². The normalized spacial score (nSPS) is 11.0. The van der Waals surface area contributed by atoms with E-state index in [0.29, 0.717) is 16.9 Å². The van der Waals surface area contributed by atoms with E-state index in [4.69, 9.17) is 4.74 Å². The second kappa shape index (κ2) is 5.18. The number of hydrogen-bond acceptors (Lipinski definition) is 4. The SMILES string of the molecule is COc1cccc(Cn2c(=O)c3c(ncn3C)n(C)c2=O)c1. The molecule has 0 aliphatic heterocycles. The second-order valence-corrected chi connectivity index (χ2v) is 5.11. The smallest absolute Gasteiger partial charge is 0.332 e. The molecular weight excluding hydrogens is 284 g/mol. The fourth-order valence-electron chi connectivity index (χ4n) is 2.49. The molecule has 3 aromatic rings. The van der Waals surface area contributed by atoms with Crippen LogP contribution in [0.25, 0.3) is 11.2 Å². The van der Waals surface area contributed by atoms with E-state index < -0.39 is 0 Å². The first-order valence-corrected chi connectivity index (χ1v) is 6.76. The summed E-state index contributed by atoms with van der Waals surface area (Å²) in [5.74, 6) is 0.684. The molecule has 0 fully saturated rings. The van der Waals surface area contributed by atoms with E-state index in [1.807, 2.05) is 18.2 Å². The summed E-state index contributed by atoms with van der Waals surface area (Å²) in [4.78, 5) is 29.1. The maximum absolute atomic E-state index is 12.6. The number of fused-ring (bicyclic) bond motifs is 1. The Balaban J connectivity index is 2.20. The highest BCUT2D eigenvalue weighted by atomic mass is 16.5. The van der Waals surface area contributed by atoms with Gasteiger partial charge in [-0.25, -0.2) is 9.78 Å². The predicted molar refractivity (Wildman–Crippen MR) is 82.3 cm³/mol. The lowest BCUT2D eigenvalue weighted by Gasteiger charge is -2.09. The number of aryl methyl sites for hydroxylation is 2. The van der Waals surface area contributed by atoms with Crippen molar-refractivity contribution in [3.8, 4) is 5.75 Å². The highest BCUT2D eigenvalue weighted by Gasteiger charge is 2.15. The van der Waals surface area contributed by atoms with Crippen molar-refractivity contribution in [2.45, 2.75) is 6.54 Å². The summed E-state index contributed by atoms with van der Waals surface area (Å²) in [5, 5.41) is 0. The number of rotatable bonds is 3. The predicted octanol–water partition coefficient (Wildman–Crippen LogP) is 0.491. The van der Waals surface area contributed by atoms with Crippen LogP contribution in [0.3, 0.4) is 0 Å². The van der Waals surface area contributed by atoms with Gasteiger partial charge in [0.05, 0.1) is 20.0 Å². The van der Waals surface area contributed by atoms with Gasteiger partial charge >= 0.3 is 5.69 Å². The van der Waals surface area contributed by atoms with E-state index in [9.17, 15) is 9.59 Å². The number of nitrogens with zero attached hydrogens (tertiary/aromatic N) is 4. The first-order chi connectivity index (χ1) is 10.5. The Kier molecular flexibility index (Phi) is 3.32. The summed E-state index contributed by atoms with van der Waals surface area (Å²) >= 11 is 0. The Hall–Kier alpha value is -2.83. The van der Waals surface area contributed by atoms with Crippen LogP contribution >= 0.6 is 0 Å². The molecule has 0 atom stereocenters. The molecule has 3 rings (SSSR count). The van der Waals surface area contributed by atoms with E-state index in [2.05, 4.69) is 4.98 Å². The third-order valence-corrected chi connectivity index (χ3v) is 3.68. The zero-order chi connectivity index (χ0) is 15.9. The summed E-state index contributed by atoms with van der Waals surface area (Å²) in [6.07, 6.45) is 1.53. The van der Waals surface area contributed by atoms with Crippen molar-refractivity contribution in [3.63, 3.8) is 0 Å². The van der Waals surface area contributed by atoms with E-state index in [1.54, 1.807) is 31.8 Å². The van der Waals surface area contributed by atoms with Gasteiger partial charge < -0.3 is 9.30 Å². The van der Waals surface area contributed by atoms with Gasteiger partial charge in [-0.2, -0.15) is 0 Å². The number of aromatic nitrogens is 4. The molecule has 7 nitrogen and oxygen atoms in total. The van der Waals surface area contributed by atoms with Crippen molar-refractivity contribution in [2.24, 2.45) is 14.1 Å². The van der Waals surface area contributed by atoms with E-state index in [-0.39, 0.29) is 17.8 Å². The molecule has 2 aromatic heterocycles. The Bertz CT molecular complexity index is 965. The molecule has 22 heavy (non-hydrogen) atoms. The molecule has 2 heterocycles. The lowest BCUT2D eigenvalue weighted by Crippen LogP contribution is -2.39. The molecular formula is C15H16N4O3. The van der Waals surface area contributed by atoms with Crippen LogP contribution in [0.5, 0.6) is 5.75 Å². The molecule has 114 valence electrons. The molecule has 0 bridgehead atoms. The lowest BCUT2D eigenvalue weighted by atomic mass is 10.2. The fourth-order valence-corrected chi connectivity index (χ4v) is 2.49. The zero-order valence-electron chi connectivity index (χ0n) is 12.6. The average Bonchev–Trinajstić information content (AvgIpc) is 2.91. The molecule has 0 N–H and O–H groups in total. The highest BCUT2D eigenvalue weighted by molar-refractivity contribution is 5.69. The number of ether oxygens (including phenoxy) is 1. The highest BCUT2D eigenvalue weighted by Crippen LogP contribution is 2.13. The zero-order valence-corrected chi connectivity index (χ0v) is 12.6. The number of methoxy groups -OCH3 is 1. The number of benzene rings is 1. The lowest BCUT2D eigenvalue weighted by molar-refractivity contribution is 0.414. The van der Waals surface area contributed by atoms with E-state index >= 15 is 0 Å². The second-order valence-electron chi connectivity index (χ2n) is 5.11. The maximum Gasteiger partial charge on any atom is 0.332 e. The van der Waals surface area contributed by atoms with Crippen LogP contribution in [0, 0.1) is 0 Å². The molecule has 0 unspecified atom stereocenters. The van der Waals surface area contributed by atoms with Gasteiger partial charge in [0.15, 0.2) is 11.2 Å². The van der Waals surface area contributed by atoms with Gasteiger partial charge in [-0.1, -0.05) is 12.1 Å². The molecule has 1 aromatic carbocycles. The molecule has 0 radical (unpaired) electrons. The third-order valence-electron chi connectivity index (χ3n) is 3.68. The summed E-state index contributed by atoms with van der Waals surface area (Å²) in [5.41, 5.74) is 0.879. The van der Waals surface area contributed by atoms with Crippen LogP contribution in [-0.2, 0) is 20.6 Å². The van der Waals surface area contributed by atoms with Crippen molar-refractivity contribution < 1.29 is 4.74 Å². The van der Waals surface area contributed by atoms with Gasteiger partial charge in [-0.05, 0) is 17.7 Å². The maximum atomic E-state index is 12.6. The standard InChI is InChI=1S/C15H16N4O3/c1-17-9-16-13-12(17)14(20)19(15(21)18(13)2)8-10-5-4-6-11(7-10)22-3/h4-7,9H,8H2,1-3H3. The van der Waals surface area contributed by atoms with Crippen LogP contribution in [0.4, 0.5) is 0 Å². The van der Waals surface area contributed by atoms with Crippen molar-refractivity contribution in [1.82, 2.24) is 18.7 Å². The largest absolute Gasteiger partial charge is 0.497 e.